The lowest BCUT2D eigenvalue weighted by Gasteiger charge is -2.33. The fraction of sp³-hybridized carbons (Fsp3) is 0.417. The van der Waals surface area contributed by atoms with Crippen LogP contribution in [0.4, 0.5) is 9.18 Å². The Morgan fingerprint density at radius 3 is 2.44 bits per heavy atom. The number of hydrogen-bond donors (Lipinski definition) is 0. The highest BCUT2D eigenvalue weighted by molar-refractivity contribution is 5.68. The maximum atomic E-state index is 14.7. The standard InChI is InChI=1S/C24H28FN5O2/c1-24(2,3)32-23(31)29-12-10-18(11-13-29)14-17-4-6-19(7-5-17)21-9-8-20(15-22(21)25)30-16-26-27-28-30/h4-9,15-16,18H,10-14H2,1-3H3. The van der Waals surface area contributed by atoms with E-state index in [1.807, 2.05) is 32.9 Å². The van der Waals surface area contributed by atoms with E-state index in [1.165, 1.54) is 22.6 Å². The number of hydrogen-bond acceptors (Lipinski definition) is 5. The number of likely N-dealkylation sites (tertiary alicyclic amines) is 1. The van der Waals surface area contributed by atoms with Gasteiger partial charge in [-0.1, -0.05) is 24.3 Å². The first-order valence-corrected chi connectivity index (χ1v) is 10.9. The van der Waals surface area contributed by atoms with Crippen LogP contribution < -0.4 is 0 Å². The van der Waals surface area contributed by atoms with Crippen molar-refractivity contribution in [3.05, 3.63) is 60.2 Å². The molecule has 1 amide bonds. The molecular weight excluding hydrogens is 409 g/mol. The number of carbonyl (C=O) groups is 1. The fourth-order valence-electron chi connectivity index (χ4n) is 3.96. The second-order valence-electron chi connectivity index (χ2n) is 9.23. The summed E-state index contributed by atoms with van der Waals surface area (Å²) >= 11 is 0. The van der Waals surface area contributed by atoms with Gasteiger partial charge in [0.05, 0.1) is 5.69 Å². The third-order valence-corrected chi connectivity index (χ3v) is 5.62. The average molecular weight is 438 g/mol. The number of piperidine rings is 1. The molecule has 7 nitrogen and oxygen atoms in total. The molecule has 4 rings (SSSR count). The zero-order chi connectivity index (χ0) is 22.7. The SMILES string of the molecule is CC(C)(C)OC(=O)N1CCC(Cc2ccc(-c3ccc(-n4cnnn4)cc3F)cc2)CC1. The van der Waals surface area contributed by atoms with Crippen molar-refractivity contribution < 1.29 is 13.9 Å². The summed E-state index contributed by atoms with van der Waals surface area (Å²) in [6.07, 6.45) is 4.06. The summed E-state index contributed by atoms with van der Waals surface area (Å²) in [7, 11) is 0. The number of amides is 1. The third kappa shape index (κ3) is 5.30. The van der Waals surface area contributed by atoms with Gasteiger partial charge in [0.15, 0.2) is 0 Å². The van der Waals surface area contributed by atoms with Gasteiger partial charge in [0.1, 0.15) is 17.7 Å². The lowest BCUT2D eigenvalue weighted by atomic mass is 9.89. The van der Waals surface area contributed by atoms with Gasteiger partial charge in [-0.05, 0) is 79.6 Å². The average Bonchev–Trinajstić information content (AvgIpc) is 3.29. The van der Waals surface area contributed by atoms with Gasteiger partial charge in [0.2, 0.25) is 0 Å². The molecule has 2 aromatic carbocycles. The molecule has 168 valence electrons. The first kappa shape index (κ1) is 21.9. The minimum absolute atomic E-state index is 0.228. The minimum atomic E-state index is -0.469. The normalized spacial score (nSPS) is 15.1. The zero-order valence-corrected chi connectivity index (χ0v) is 18.7. The van der Waals surface area contributed by atoms with Crippen LogP contribution >= 0.6 is 0 Å². The van der Waals surface area contributed by atoms with Crippen molar-refractivity contribution in [1.82, 2.24) is 25.1 Å². The summed E-state index contributed by atoms with van der Waals surface area (Å²) in [5.41, 5.74) is 2.69. The summed E-state index contributed by atoms with van der Waals surface area (Å²) in [6.45, 7) is 7.09. The maximum Gasteiger partial charge on any atom is 0.410 e. The molecule has 0 saturated carbocycles. The van der Waals surface area contributed by atoms with Gasteiger partial charge in [-0.2, -0.15) is 0 Å². The molecule has 1 aromatic heterocycles. The number of tetrazole rings is 1. The monoisotopic (exact) mass is 437 g/mol. The molecule has 8 heteroatoms. The number of carbonyl (C=O) groups excluding carboxylic acids is 1. The molecule has 1 aliphatic rings. The molecule has 0 spiro atoms. The molecule has 0 atom stereocenters. The van der Waals surface area contributed by atoms with Crippen LogP contribution in [0.1, 0.15) is 39.2 Å². The van der Waals surface area contributed by atoms with E-state index in [-0.39, 0.29) is 11.9 Å². The van der Waals surface area contributed by atoms with Gasteiger partial charge in [-0.3, -0.25) is 0 Å². The van der Waals surface area contributed by atoms with Crippen molar-refractivity contribution in [3.63, 3.8) is 0 Å². The van der Waals surface area contributed by atoms with Crippen LogP contribution in [0.3, 0.4) is 0 Å². The van der Waals surface area contributed by atoms with E-state index in [4.69, 9.17) is 4.74 Å². The number of aromatic nitrogens is 4. The number of nitrogens with zero attached hydrogens (tertiary/aromatic N) is 5. The number of ether oxygens (including phenoxy) is 1. The Labute approximate surface area is 187 Å². The fourth-order valence-corrected chi connectivity index (χ4v) is 3.96. The maximum absolute atomic E-state index is 14.7. The second kappa shape index (κ2) is 9.06. The van der Waals surface area contributed by atoms with E-state index in [0.29, 0.717) is 17.2 Å². The van der Waals surface area contributed by atoms with Crippen LogP contribution in [-0.4, -0.2) is 49.9 Å². The predicted molar refractivity (Wildman–Crippen MR) is 119 cm³/mol. The molecule has 0 N–H and O–H groups in total. The molecule has 0 aliphatic carbocycles. The van der Waals surface area contributed by atoms with Gasteiger partial charge >= 0.3 is 6.09 Å². The molecule has 0 bridgehead atoms. The topological polar surface area (TPSA) is 73.1 Å². The highest BCUT2D eigenvalue weighted by Crippen LogP contribution is 2.27. The Balaban J connectivity index is 1.34. The van der Waals surface area contributed by atoms with Gasteiger partial charge < -0.3 is 9.64 Å². The summed E-state index contributed by atoms with van der Waals surface area (Å²) in [6, 6.07) is 13.0. The molecule has 0 radical (unpaired) electrons. The third-order valence-electron chi connectivity index (χ3n) is 5.62. The highest BCUT2D eigenvalue weighted by Gasteiger charge is 2.26. The summed E-state index contributed by atoms with van der Waals surface area (Å²) in [5.74, 6) is 0.201. The molecular formula is C24H28FN5O2. The number of benzene rings is 2. The van der Waals surface area contributed by atoms with Crippen LogP contribution in [0.5, 0.6) is 0 Å². The lowest BCUT2D eigenvalue weighted by molar-refractivity contribution is 0.0184. The van der Waals surface area contributed by atoms with Crippen molar-refractivity contribution in [2.45, 2.75) is 45.6 Å². The van der Waals surface area contributed by atoms with Gasteiger partial charge in [0, 0.05) is 24.7 Å². The Morgan fingerprint density at radius 2 is 1.84 bits per heavy atom. The van der Waals surface area contributed by atoms with Crippen molar-refractivity contribution in [3.8, 4) is 16.8 Å². The predicted octanol–water partition coefficient (Wildman–Crippen LogP) is 4.66. The van der Waals surface area contributed by atoms with Crippen molar-refractivity contribution in [1.29, 1.82) is 0 Å². The zero-order valence-electron chi connectivity index (χ0n) is 18.7. The largest absolute Gasteiger partial charge is 0.444 e. The Morgan fingerprint density at radius 1 is 1.12 bits per heavy atom. The van der Waals surface area contributed by atoms with E-state index in [1.54, 1.807) is 17.0 Å². The summed E-state index contributed by atoms with van der Waals surface area (Å²) < 4.78 is 21.6. The lowest BCUT2D eigenvalue weighted by Crippen LogP contribution is -2.42. The molecule has 0 unspecified atom stereocenters. The summed E-state index contributed by atoms with van der Waals surface area (Å²) in [4.78, 5) is 14.0. The molecule has 1 aliphatic heterocycles. The first-order valence-electron chi connectivity index (χ1n) is 10.9. The van der Waals surface area contributed by atoms with Gasteiger partial charge in [-0.15, -0.1) is 5.10 Å². The van der Waals surface area contributed by atoms with E-state index in [0.717, 1.165) is 37.9 Å². The number of halogens is 1. The molecule has 1 fully saturated rings. The summed E-state index contributed by atoms with van der Waals surface area (Å²) in [5, 5.41) is 10.9. The highest BCUT2D eigenvalue weighted by atomic mass is 19.1. The van der Waals surface area contributed by atoms with E-state index in [2.05, 4.69) is 27.7 Å². The van der Waals surface area contributed by atoms with Crippen molar-refractivity contribution in [2.24, 2.45) is 5.92 Å². The smallest absolute Gasteiger partial charge is 0.410 e. The molecule has 3 aromatic rings. The quantitative estimate of drug-likeness (QED) is 0.594. The Kier molecular flexibility index (Phi) is 6.21. The molecule has 2 heterocycles. The Bertz CT molecular complexity index is 1050. The van der Waals surface area contributed by atoms with Crippen molar-refractivity contribution >= 4 is 6.09 Å². The Hall–Kier alpha value is -3.29. The van der Waals surface area contributed by atoms with Crippen LogP contribution in [0.2, 0.25) is 0 Å². The van der Waals surface area contributed by atoms with Crippen LogP contribution in [0, 0.1) is 11.7 Å². The van der Waals surface area contributed by atoms with Crippen LogP contribution in [0.25, 0.3) is 16.8 Å². The first-order chi connectivity index (χ1) is 15.3. The van der Waals surface area contributed by atoms with Gasteiger partial charge in [-0.25, -0.2) is 13.9 Å². The van der Waals surface area contributed by atoms with E-state index < -0.39 is 5.60 Å². The van der Waals surface area contributed by atoms with Gasteiger partial charge in [0.25, 0.3) is 0 Å². The van der Waals surface area contributed by atoms with E-state index >= 15 is 0 Å². The van der Waals surface area contributed by atoms with Crippen molar-refractivity contribution in [2.75, 3.05) is 13.1 Å². The molecule has 1 saturated heterocycles. The molecule has 32 heavy (non-hydrogen) atoms. The second-order valence-corrected chi connectivity index (χ2v) is 9.23. The van der Waals surface area contributed by atoms with Crippen LogP contribution in [-0.2, 0) is 11.2 Å². The van der Waals surface area contributed by atoms with E-state index in [9.17, 15) is 9.18 Å². The number of rotatable bonds is 4. The minimum Gasteiger partial charge on any atom is -0.444 e. The van der Waals surface area contributed by atoms with Crippen LogP contribution in [0.15, 0.2) is 48.8 Å².